The Kier molecular flexibility index (Phi) is 6.11. The van der Waals surface area contributed by atoms with Crippen molar-refractivity contribution in [2.24, 2.45) is 0 Å². The number of halogens is 1. The van der Waals surface area contributed by atoms with Gasteiger partial charge in [0.05, 0.1) is 22.7 Å². The second-order valence-electron chi connectivity index (χ2n) is 6.97. The summed E-state index contributed by atoms with van der Waals surface area (Å²) in [5.41, 5.74) is 1.47. The van der Waals surface area contributed by atoms with E-state index in [9.17, 15) is 9.59 Å². The molecule has 1 amide bonds. The van der Waals surface area contributed by atoms with Gasteiger partial charge in [-0.3, -0.25) is 18.6 Å². The maximum absolute atomic E-state index is 12.8. The highest BCUT2D eigenvalue weighted by Crippen LogP contribution is 2.22. The average molecular weight is 454 g/mol. The molecule has 0 aliphatic carbocycles. The lowest BCUT2D eigenvalue weighted by atomic mass is 10.1. The maximum Gasteiger partial charge on any atom is 0.263 e. The van der Waals surface area contributed by atoms with Crippen molar-refractivity contribution >= 4 is 46.0 Å². The van der Waals surface area contributed by atoms with Crippen LogP contribution in [0.15, 0.2) is 71.1 Å². The molecule has 0 saturated carbocycles. The summed E-state index contributed by atoms with van der Waals surface area (Å²) in [5.74, 6) is 0.428. The quantitative estimate of drug-likeness (QED) is 0.339. The van der Waals surface area contributed by atoms with E-state index in [0.29, 0.717) is 33.4 Å². The first-order valence-electron chi connectivity index (χ1n) is 9.64. The molecule has 31 heavy (non-hydrogen) atoms. The Balaban J connectivity index is 1.60. The smallest absolute Gasteiger partial charge is 0.263 e. The first-order valence-corrected chi connectivity index (χ1v) is 11.0. The Morgan fingerprint density at radius 1 is 1.26 bits per heavy atom. The Morgan fingerprint density at radius 3 is 2.84 bits per heavy atom. The molecule has 0 saturated heterocycles. The SMILES string of the molecule is C=CCn1c(=O)c2ccccc2n2c(SCC(=O)NC(C)c3cccc(Cl)c3)nnc12. The van der Waals surface area contributed by atoms with Crippen LogP contribution in [0.1, 0.15) is 18.5 Å². The summed E-state index contributed by atoms with van der Waals surface area (Å²) in [4.78, 5) is 25.4. The summed E-state index contributed by atoms with van der Waals surface area (Å²) in [5, 5.41) is 13.1. The van der Waals surface area contributed by atoms with Crippen molar-refractivity contribution in [3.63, 3.8) is 0 Å². The number of carbonyl (C=O) groups excluding carboxylic acids is 1. The number of amides is 1. The van der Waals surface area contributed by atoms with Crippen molar-refractivity contribution in [3.8, 4) is 0 Å². The first kappa shape index (κ1) is 21.1. The van der Waals surface area contributed by atoms with Crippen LogP contribution in [0, 0.1) is 0 Å². The molecule has 0 spiro atoms. The van der Waals surface area contributed by atoms with Crippen molar-refractivity contribution in [1.29, 1.82) is 0 Å². The second-order valence-corrected chi connectivity index (χ2v) is 8.35. The van der Waals surface area contributed by atoms with Gasteiger partial charge in [0.2, 0.25) is 11.7 Å². The summed E-state index contributed by atoms with van der Waals surface area (Å²) < 4.78 is 3.33. The van der Waals surface area contributed by atoms with Crippen molar-refractivity contribution in [2.45, 2.75) is 24.7 Å². The molecule has 0 fully saturated rings. The maximum atomic E-state index is 12.8. The monoisotopic (exact) mass is 453 g/mol. The number of carbonyl (C=O) groups is 1. The van der Waals surface area contributed by atoms with E-state index in [4.69, 9.17) is 11.6 Å². The van der Waals surface area contributed by atoms with E-state index >= 15 is 0 Å². The third-order valence-corrected chi connectivity index (χ3v) is 6.01. The number of benzene rings is 2. The molecule has 2 aromatic carbocycles. The highest BCUT2D eigenvalue weighted by atomic mass is 35.5. The number of para-hydroxylation sites is 1. The van der Waals surface area contributed by atoms with Gasteiger partial charge in [0.1, 0.15) is 0 Å². The van der Waals surface area contributed by atoms with Crippen LogP contribution in [0.2, 0.25) is 5.02 Å². The molecule has 9 heteroatoms. The molecule has 1 atom stereocenters. The number of fused-ring (bicyclic) bond motifs is 3. The molecular formula is C22H20ClN5O2S. The minimum Gasteiger partial charge on any atom is -0.349 e. The van der Waals surface area contributed by atoms with E-state index in [1.54, 1.807) is 22.6 Å². The number of hydrogen-bond acceptors (Lipinski definition) is 5. The van der Waals surface area contributed by atoms with Gasteiger partial charge < -0.3 is 5.32 Å². The van der Waals surface area contributed by atoms with E-state index in [-0.39, 0.29) is 23.3 Å². The van der Waals surface area contributed by atoms with Crippen LogP contribution in [0.3, 0.4) is 0 Å². The molecule has 1 unspecified atom stereocenters. The number of rotatable bonds is 7. The minimum atomic E-state index is -0.180. The molecular weight excluding hydrogens is 434 g/mol. The number of aromatic nitrogens is 4. The summed E-state index contributed by atoms with van der Waals surface area (Å²) in [7, 11) is 0. The molecule has 2 heterocycles. The first-order chi connectivity index (χ1) is 15.0. The fraction of sp³-hybridized carbons (Fsp3) is 0.182. The van der Waals surface area contributed by atoms with Crippen LogP contribution in [0.4, 0.5) is 0 Å². The lowest BCUT2D eigenvalue weighted by Gasteiger charge is -2.14. The number of allylic oxidation sites excluding steroid dienone is 1. The van der Waals surface area contributed by atoms with Gasteiger partial charge in [0.25, 0.3) is 5.56 Å². The highest BCUT2D eigenvalue weighted by Gasteiger charge is 2.17. The molecule has 2 aromatic heterocycles. The summed E-state index contributed by atoms with van der Waals surface area (Å²) in [6.45, 7) is 5.94. The predicted octanol–water partition coefficient (Wildman–Crippen LogP) is 3.85. The Hall–Kier alpha value is -3.10. The number of hydrogen-bond donors (Lipinski definition) is 1. The molecule has 1 N–H and O–H groups in total. The molecule has 4 aromatic rings. The minimum absolute atomic E-state index is 0.141. The topological polar surface area (TPSA) is 81.3 Å². The van der Waals surface area contributed by atoms with Crippen LogP contribution in [-0.4, -0.2) is 30.8 Å². The normalized spacial score (nSPS) is 12.2. The summed E-state index contributed by atoms with van der Waals surface area (Å²) in [6.07, 6.45) is 1.64. The van der Waals surface area contributed by atoms with Gasteiger partial charge >= 0.3 is 0 Å². The fourth-order valence-electron chi connectivity index (χ4n) is 3.39. The summed E-state index contributed by atoms with van der Waals surface area (Å²) >= 11 is 7.30. The van der Waals surface area contributed by atoms with Crippen molar-refractivity contribution in [3.05, 3.63) is 82.1 Å². The standard InChI is InChI=1S/C22H20ClN5O2S/c1-3-11-27-20(30)17-9-4-5-10-18(17)28-21(27)25-26-22(28)31-13-19(29)24-14(2)15-7-6-8-16(23)12-15/h3-10,12,14H,1,11,13H2,2H3,(H,24,29). The Bertz CT molecular complexity index is 1350. The summed E-state index contributed by atoms with van der Waals surface area (Å²) in [6, 6.07) is 14.5. The van der Waals surface area contributed by atoms with E-state index in [0.717, 1.165) is 5.56 Å². The van der Waals surface area contributed by atoms with Gasteiger partial charge in [-0.25, -0.2) is 0 Å². The lowest BCUT2D eigenvalue weighted by molar-refractivity contribution is -0.119. The highest BCUT2D eigenvalue weighted by molar-refractivity contribution is 7.99. The average Bonchev–Trinajstić information content (AvgIpc) is 3.19. The van der Waals surface area contributed by atoms with Crippen molar-refractivity contribution < 1.29 is 4.79 Å². The van der Waals surface area contributed by atoms with Crippen LogP contribution in [0.25, 0.3) is 16.7 Å². The molecule has 0 aliphatic rings. The Morgan fingerprint density at radius 2 is 2.06 bits per heavy atom. The third kappa shape index (κ3) is 4.22. The van der Waals surface area contributed by atoms with Gasteiger partial charge in [0, 0.05) is 11.6 Å². The Labute approximate surface area is 187 Å². The molecule has 0 radical (unpaired) electrons. The zero-order chi connectivity index (χ0) is 22.0. The molecule has 4 rings (SSSR count). The number of nitrogens with zero attached hydrogens (tertiary/aromatic N) is 4. The zero-order valence-electron chi connectivity index (χ0n) is 16.8. The van der Waals surface area contributed by atoms with Crippen LogP contribution >= 0.6 is 23.4 Å². The fourth-order valence-corrected chi connectivity index (χ4v) is 4.34. The van der Waals surface area contributed by atoms with Gasteiger partial charge in [-0.1, -0.05) is 53.7 Å². The van der Waals surface area contributed by atoms with Gasteiger partial charge in [0.15, 0.2) is 5.16 Å². The molecule has 0 aliphatic heterocycles. The zero-order valence-corrected chi connectivity index (χ0v) is 18.4. The van der Waals surface area contributed by atoms with E-state index < -0.39 is 0 Å². The van der Waals surface area contributed by atoms with E-state index in [1.807, 2.05) is 43.3 Å². The van der Waals surface area contributed by atoms with Gasteiger partial charge in [-0.15, -0.1) is 16.8 Å². The van der Waals surface area contributed by atoms with Crippen molar-refractivity contribution in [1.82, 2.24) is 24.5 Å². The predicted molar refractivity (Wildman–Crippen MR) is 124 cm³/mol. The molecule has 158 valence electrons. The second kappa shape index (κ2) is 8.95. The third-order valence-electron chi connectivity index (χ3n) is 4.85. The van der Waals surface area contributed by atoms with Gasteiger partial charge in [-0.2, -0.15) is 0 Å². The van der Waals surface area contributed by atoms with Crippen LogP contribution in [-0.2, 0) is 11.3 Å². The lowest BCUT2D eigenvalue weighted by Crippen LogP contribution is -2.28. The van der Waals surface area contributed by atoms with Crippen molar-refractivity contribution in [2.75, 3.05) is 5.75 Å². The van der Waals surface area contributed by atoms with E-state index in [1.165, 1.54) is 16.3 Å². The van der Waals surface area contributed by atoms with E-state index in [2.05, 4.69) is 22.1 Å². The molecule has 0 bridgehead atoms. The molecule has 7 nitrogen and oxygen atoms in total. The number of thioether (sulfide) groups is 1. The number of nitrogens with one attached hydrogen (secondary N) is 1. The largest absolute Gasteiger partial charge is 0.349 e. The van der Waals surface area contributed by atoms with Crippen LogP contribution in [0.5, 0.6) is 0 Å². The van der Waals surface area contributed by atoms with Gasteiger partial charge in [-0.05, 0) is 36.8 Å². The van der Waals surface area contributed by atoms with Crippen LogP contribution < -0.4 is 10.9 Å².